The Morgan fingerprint density at radius 3 is 2.49 bits per heavy atom. The van der Waals surface area contributed by atoms with Crippen LogP contribution >= 0.6 is 11.3 Å². The van der Waals surface area contributed by atoms with Gasteiger partial charge in [-0.05, 0) is 60.4 Å². The van der Waals surface area contributed by atoms with Crippen LogP contribution in [0.4, 0.5) is 5.82 Å². The van der Waals surface area contributed by atoms with Crippen molar-refractivity contribution in [3.8, 4) is 16.6 Å². The van der Waals surface area contributed by atoms with Gasteiger partial charge in [-0.1, -0.05) is 62.4 Å². The third-order valence-electron chi connectivity index (χ3n) is 5.57. The number of ether oxygens (including phenoxy) is 1. The molecule has 2 heterocycles. The zero-order valence-electron chi connectivity index (χ0n) is 20.1. The molecule has 0 atom stereocenters. The van der Waals surface area contributed by atoms with E-state index < -0.39 is 0 Å². The molecule has 0 bridgehead atoms. The summed E-state index contributed by atoms with van der Waals surface area (Å²) in [7, 11) is 0. The lowest BCUT2D eigenvalue weighted by Gasteiger charge is -2.18. The maximum Gasteiger partial charge on any atom is 0.256 e. The largest absolute Gasteiger partial charge is 0.457 e. The number of nitrogens with one attached hydrogen (secondary N) is 1. The number of benzene rings is 3. The highest BCUT2D eigenvalue weighted by Gasteiger charge is 2.18. The first kappa shape index (κ1) is 22.8. The van der Waals surface area contributed by atoms with Crippen LogP contribution in [0.3, 0.4) is 0 Å². The first-order valence-corrected chi connectivity index (χ1v) is 12.2. The molecule has 7 heteroatoms. The molecule has 1 N–H and O–H groups in total. The lowest BCUT2D eigenvalue weighted by molar-refractivity contribution is 0.102. The Labute approximate surface area is 208 Å². The number of hydrogen-bond acceptors (Lipinski definition) is 5. The molecule has 0 aliphatic heterocycles. The highest BCUT2D eigenvalue weighted by molar-refractivity contribution is 7.20. The van der Waals surface area contributed by atoms with Crippen molar-refractivity contribution in [3.05, 3.63) is 95.7 Å². The van der Waals surface area contributed by atoms with Gasteiger partial charge in [-0.15, -0.1) is 0 Å². The van der Waals surface area contributed by atoms with Crippen LogP contribution in [0, 0.1) is 6.92 Å². The van der Waals surface area contributed by atoms with Gasteiger partial charge in [0.2, 0.25) is 5.13 Å². The molecular formula is C28H26N4O2S. The van der Waals surface area contributed by atoms with Crippen molar-refractivity contribution in [1.29, 1.82) is 0 Å². The van der Waals surface area contributed by atoms with Gasteiger partial charge in [0, 0.05) is 11.6 Å². The highest BCUT2D eigenvalue weighted by Crippen LogP contribution is 2.32. The minimum atomic E-state index is -0.249. The summed E-state index contributed by atoms with van der Waals surface area (Å²) in [6.07, 6.45) is 0. The maximum absolute atomic E-state index is 13.1. The molecule has 6 nitrogen and oxygen atoms in total. The number of thiazole rings is 1. The highest BCUT2D eigenvalue weighted by atomic mass is 32.1. The zero-order valence-corrected chi connectivity index (χ0v) is 20.9. The molecule has 5 rings (SSSR count). The van der Waals surface area contributed by atoms with Gasteiger partial charge in [0.25, 0.3) is 5.91 Å². The Morgan fingerprint density at radius 2 is 1.71 bits per heavy atom. The third kappa shape index (κ3) is 4.95. The molecule has 0 unspecified atom stereocenters. The van der Waals surface area contributed by atoms with E-state index >= 15 is 0 Å². The molecular weight excluding hydrogens is 456 g/mol. The molecule has 1 amide bonds. The van der Waals surface area contributed by atoms with Crippen molar-refractivity contribution < 1.29 is 9.53 Å². The predicted molar refractivity (Wildman–Crippen MR) is 141 cm³/mol. The van der Waals surface area contributed by atoms with Crippen LogP contribution in [0.15, 0.2) is 78.9 Å². The summed E-state index contributed by atoms with van der Waals surface area (Å²) in [6, 6.07) is 24.8. The second-order valence-electron chi connectivity index (χ2n) is 9.41. The first-order chi connectivity index (χ1) is 16.8. The molecule has 0 aliphatic rings. The number of nitrogens with zero attached hydrogens (tertiary/aromatic N) is 3. The van der Waals surface area contributed by atoms with Crippen LogP contribution in [0.2, 0.25) is 0 Å². The van der Waals surface area contributed by atoms with E-state index in [0.717, 1.165) is 15.9 Å². The van der Waals surface area contributed by atoms with Crippen molar-refractivity contribution in [1.82, 2.24) is 14.8 Å². The Morgan fingerprint density at radius 1 is 0.943 bits per heavy atom. The second kappa shape index (κ2) is 9.00. The summed E-state index contributed by atoms with van der Waals surface area (Å²) in [5, 5.41) is 8.29. The van der Waals surface area contributed by atoms with E-state index in [0.29, 0.717) is 28.0 Å². The molecule has 3 aromatic carbocycles. The number of anilines is 1. The molecule has 35 heavy (non-hydrogen) atoms. The lowest BCUT2D eigenvalue weighted by Crippen LogP contribution is -2.15. The Kier molecular flexibility index (Phi) is 5.86. The van der Waals surface area contributed by atoms with Gasteiger partial charge in [0.1, 0.15) is 17.3 Å². The summed E-state index contributed by atoms with van der Waals surface area (Å²) in [5.74, 6) is 1.62. The second-order valence-corrected chi connectivity index (χ2v) is 10.4. The molecule has 2 aromatic heterocycles. The topological polar surface area (TPSA) is 69.0 Å². The monoisotopic (exact) mass is 482 g/mol. The van der Waals surface area contributed by atoms with Gasteiger partial charge < -0.3 is 10.1 Å². The Hall–Kier alpha value is -3.97. The average Bonchev–Trinajstić information content (AvgIpc) is 3.41. The number of carbonyl (C=O) groups is 1. The van der Waals surface area contributed by atoms with E-state index in [1.165, 1.54) is 5.56 Å². The van der Waals surface area contributed by atoms with Crippen LogP contribution < -0.4 is 10.1 Å². The van der Waals surface area contributed by atoms with Crippen molar-refractivity contribution in [2.24, 2.45) is 0 Å². The number of rotatable bonds is 5. The third-order valence-corrected chi connectivity index (χ3v) is 6.57. The van der Waals surface area contributed by atoms with E-state index in [9.17, 15) is 4.79 Å². The van der Waals surface area contributed by atoms with Crippen LogP contribution in [-0.2, 0) is 5.41 Å². The fourth-order valence-electron chi connectivity index (χ4n) is 3.72. The van der Waals surface area contributed by atoms with E-state index in [2.05, 4.69) is 43.3 Å². The number of fused-ring (bicyclic) bond motifs is 1. The molecule has 0 spiro atoms. The normalized spacial score (nSPS) is 11.5. The minimum Gasteiger partial charge on any atom is -0.457 e. The van der Waals surface area contributed by atoms with Crippen LogP contribution in [0.5, 0.6) is 11.5 Å². The van der Waals surface area contributed by atoms with Gasteiger partial charge in [0.15, 0.2) is 0 Å². The fourth-order valence-corrected chi connectivity index (χ4v) is 4.69. The Balaban J connectivity index is 1.41. The lowest BCUT2D eigenvalue weighted by atomic mass is 9.87. The van der Waals surface area contributed by atoms with E-state index in [4.69, 9.17) is 9.72 Å². The molecule has 5 aromatic rings. The number of para-hydroxylation sites is 1. The quantitative estimate of drug-likeness (QED) is 0.289. The van der Waals surface area contributed by atoms with Crippen molar-refractivity contribution in [2.75, 3.05) is 5.32 Å². The molecule has 0 saturated heterocycles. The number of aryl methyl sites for hydroxylation is 1. The van der Waals surface area contributed by atoms with Crippen molar-refractivity contribution in [2.45, 2.75) is 33.1 Å². The standard InChI is InChI=1S/C28H26N4O2S/c1-18-15-25(30-26(33)19-9-8-12-22(16-19)34-21-10-6-5-7-11-21)32(31-18)27-29-23-14-13-20(28(2,3)4)17-24(23)35-27/h5-17H,1-4H3,(H,30,33). The molecule has 0 radical (unpaired) electrons. The number of aromatic nitrogens is 3. The van der Waals surface area contributed by atoms with Crippen molar-refractivity contribution in [3.63, 3.8) is 0 Å². The molecule has 0 aliphatic carbocycles. The zero-order chi connectivity index (χ0) is 24.6. The average molecular weight is 483 g/mol. The molecule has 0 fully saturated rings. The van der Waals surface area contributed by atoms with Gasteiger partial charge in [-0.3, -0.25) is 4.79 Å². The Bertz CT molecular complexity index is 1510. The molecule has 176 valence electrons. The smallest absolute Gasteiger partial charge is 0.256 e. The van der Waals surface area contributed by atoms with E-state index in [-0.39, 0.29) is 11.3 Å². The van der Waals surface area contributed by atoms with E-state index in [1.54, 1.807) is 34.2 Å². The van der Waals surface area contributed by atoms with Gasteiger partial charge in [0.05, 0.1) is 15.9 Å². The number of carbonyl (C=O) groups excluding carboxylic acids is 1. The van der Waals surface area contributed by atoms with Crippen molar-refractivity contribution >= 4 is 33.3 Å². The number of amides is 1. The maximum atomic E-state index is 13.1. The first-order valence-electron chi connectivity index (χ1n) is 11.4. The fraction of sp³-hybridized carbons (Fsp3) is 0.179. The predicted octanol–water partition coefficient (Wildman–Crippen LogP) is 7.13. The number of hydrogen-bond donors (Lipinski definition) is 1. The van der Waals surface area contributed by atoms with Gasteiger partial charge >= 0.3 is 0 Å². The summed E-state index contributed by atoms with van der Waals surface area (Å²) >= 11 is 1.55. The van der Waals surface area contributed by atoms with Gasteiger partial charge in [-0.25, -0.2) is 4.98 Å². The summed E-state index contributed by atoms with van der Waals surface area (Å²) in [4.78, 5) is 17.9. The SMILES string of the molecule is Cc1cc(NC(=O)c2cccc(Oc3ccccc3)c2)n(-c2nc3ccc(C(C)(C)C)cc3s2)n1. The van der Waals surface area contributed by atoms with Crippen LogP contribution in [0.25, 0.3) is 15.3 Å². The minimum absolute atomic E-state index is 0.0541. The van der Waals surface area contributed by atoms with Crippen LogP contribution in [-0.4, -0.2) is 20.7 Å². The summed E-state index contributed by atoms with van der Waals surface area (Å²) in [6.45, 7) is 8.48. The van der Waals surface area contributed by atoms with Gasteiger partial charge in [-0.2, -0.15) is 9.78 Å². The summed E-state index contributed by atoms with van der Waals surface area (Å²) in [5.41, 5.74) is 3.50. The molecule has 0 saturated carbocycles. The van der Waals surface area contributed by atoms with E-state index in [1.807, 2.05) is 55.5 Å². The summed E-state index contributed by atoms with van der Waals surface area (Å²) < 4.78 is 8.66. The van der Waals surface area contributed by atoms with Crippen LogP contribution in [0.1, 0.15) is 42.4 Å².